The van der Waals surface area contributed by atoms with E-state index in [2.05, 4.69) is 29.5 Å². The van der Waals surface area contributed by atoms with Crippen LogP contribution < -0.4 is 10.6 Å². The lowest BCUT2D eigenvalue weighted by atomic mass is 9.98. The minimum Gasteiger partial charge on any atom is -0.334 e. The van der Waals surface area contributed by atoms with Gasteiger partial charge in [0.25, 0.3) is 5.91 Å². The zero-order chi connectivity index (χ0) is 16.3. The number of rotatable bonds is 6. The van der Waals surface area contributed by atoms with Gasteiger partial charge in [-0.25, -0.2) is 4.79 Å². The zero-order valence-corrected chi connectivity index (χ0v) is 13.9. The van der Waals surface area contributed by atoms with Gasteiger partial charge in [-0.05, 0) is 12.3 Å². The maximum atomic E-state index is 12.3. The topological polar surface area (TPSA) is 77.0 Å². The summed E-state index contributed by atoms with van der Waals surface area (Å²) in [6.45, 7) is 5.15. The summed E-state index contributed by atoms with van der Waals surface area (Å²) in [5, 5.41) is 5.63. The first-order chi connectivity index (χ1) is 10.5. The summed E-state index contributed by atoms with van der Waals surface area (Å²) in [4.78, 5) is 31.9. The zero-order valence-electron chi connectivity index (χ0n) is 13.9. The fraction of sp³-hybridized carbons (Fsp3) is 0.800. The van der Waals surface area contributed by atoms with Crippen LogP contribution >= 0.6 is 0 Å². The molecule has 22 heavy (non-hydrogen) atoms. The Morgan fingerprint density at radius 2 is 2.05 bits per heavy atom. The molecule has 2 heterocycles. The van der Waals surface area contributed by atoms with Crippen LogP contribution in [0.1, 0.15) is 39.5 Å². The van der Waals surface area contributed by atoms with Crippen molar-refractivity contribution in [2.45, 2.75) is 51.7 Å². The summed E-state index contributed by atoms with van der Waals surface area (Å²) in [6.07, 6.45) is 4.24. The minimum atomic E-state index is -0.405. The Balaban J connectivity index is 2.17. The third-order valence-electron chi connectivity index (χ3n) is 4.63. The van der Waals surface area contributed by atoms with Crippen LogP contribution in [-0.2, 0) is 4.79 Å². The number of hydrogen-bond acceptors (Lipinski definition) is 3. The fourth-order valence-electron chi connectivity index (χ4n) is 3.17. The van der Waals surface area contributed by atoms with E-state index in [1.54, 1.807) is 14.1 Å². The van der Waals surface area contributed by atoms with Crippen LogP contribution in [0.25, 0.3) is 0 Å². The van der Waals surface area contributed by atoms with Crippen molar-refractivity contribution in [1.29, 1.82) is 0 Å². The Morgan fingerprint density at radius 3 is 2.64 bits per heavy atom. The normalized spacial score (nSPS) is 27.7. The Bertz CT molecular complexity index is 465. The summed E-state index contributed by atoms with van der Waals surface area (Å²) >= 11 is 0. The maximum absolute atomic E-state index is 12.3. The number of aliphatic imine (C=N–C) groups is 1. The van der Waals surface area contributed by atoms with Crippen LogP contribution in [0, 0.1) is 5.92 Å². The molecule has 2 N–H and O–H groups in total. The van der Waals surface area contributed by atoms with Crippen LogP contribution in [0.15, 0.2) is 4.99 Å². The van der Waals surface area contributed by atoms with Gasteiger partial charge in [0.2, 0.25) is 0 Å². The largest absolute Gasteiger partial charge is 0.334 e. The van der Waals surface area contributed by atoms with Crippen molar-refractivity contribution in [3.63, 3.8) is 0 Å². The molecule has 3 amide bonds. The van der Waals surface area contributed by atoms with E-state index in [0.717, 1.165) is 19.4 Å². The van der Waals surface area contributed by atoms with Gasteiger partial charge in [-0.2, -0.15) is 0 Å². The van der Waals surface area contributed by atoms with Gasteiger partial charge in [0.15, 0.2) is 12.0 Å². The van der Waals surface area contributed by atoms with Crippen LogP contribution in [0.2, 0.25) is 0 Å². The number of imide groups is 1. The van der Waals surface area contributed by atoms with Crippen molar-refractivity contribution >= 4 is 17.9 Å². The van der Waals surface area contributed by atoms with E-state index in [1.807, 2.05) is 4.90 Å². The molecule has 3 atom stereocenters. The van der Waals surface area contributed by atoms with Crippen molar-refractivity contribution in [2.75, 3.05) is 20.6 Å². The molecule has 2 aliphatic heterocycles. The minimum absolute atomic E-state index is 0.246. The number of hydrogen-bond donors (Lipinski definition) is 2. The highest BCUT2D eigenvalue weighted by molar-refractivity contribution is 6.04. The van der Waals surface area contributed by atoms with Gasteiger partial charge in [0.1, 0.15) is 6.17 Å². The van der Waals surface area contributed by atoms with Crippen LogP contribution in [-0.4, -0.2) is 60.5 Å². The lowest BCUT2D eigenvalue weighted by molar-refractivity contribution is -0.127. The summed E-state index contributed by atoms with van der Waals surface area (Å²) in [5.74, 6) is 0.972. The summed E-state index contributed by atoms with van der Waals surface area (Å²) in [7, 11) is 3.40. The summed E-state index contributed by atoms with van der Waals surface area (Å²) in [5.41, 5.74) is 0. The van der Waals surface area contributed by atoms with E-state index in [0.29, 0.717) is 11.9 Å². The standard InChI is InChI=1S/C15H27N5O2/c1-5-7-8-10(6-2)9-20-11-12(17-14(20)16-3)19(4)15(22)18-13(11)21/h10-12H,5-9H2,1-4H3,(H,16,17)(H,18,21,22). The molecule has 124 valence electrons. The molecule has 3 unspecified atom stereocenters. The van der Waals surface area contributed by atoms with Crippen LogP contribution in [0.5, 0.6) is 0 Å². The molecule has 2 saturated heterocycles. The fourth-order valence-corrected chi connectivity index (χ4v) is 3.17. The van der Waals surface area contributed by atoms with Gasteiger partial charge in [-0.15, -0.1) is 0 Å². The summed E-state index contributed by atoms with van der Waals surface area (Å²) < 4.78 is 0. The van der Waals surface area contributed by atoms with Gasteiger partial charge >= 0.3 is 6.03 Å². The molecule has 7 heteroatoms. The third-order valence-corrected chi connectivity index (χ3v) is 4.63. The van der Waals surface area contributed by atoms with E-state index in [-0.39, 0.29) is 18.1 Å². The molecule has 0 saturated carbocycles. The molecule has 0 spiro atoms. The molecule has 0 aromatic carbocycles. The lowest BCUT2D eigenvalue weighted by Crippen LogP contribution is -2.65. The highest BCUT2D eigenvalue weighted by atomic mass is 16.2. The number of carbonyl (C=O) groups excluding carboxylic acids is 2. The van der Waals surface area contributed by atoms with Crippen molar-refractivity contribution < 1.29 is 9.59 Å². The average molecular weight is 309 g/mol. The van der Waals surface area contributed by atoms with E-state index in [9.17, 15) is 9.59 Å². The Kier molecular flexibility index (Phi) is 5.26. The van der Waals surface area contributed by atoms with Crippen LogP contribution in [0.3, 0.4) is 0 Å². The number of nitrogens with one attached hydrogen (secondary N) is 2. The number of amides is 3. The molecule has 2 fully saturated rings. The van der Waals surface area contributed by atoms with E-state index in [1.165, 1.54) is 17.7 Å². The number of likely N-dealkylation sites (N-methyl/N-ethyl adjacent to an activating group) is 1. The SMILES string of the molecule is CCCCC(CC)CN1C(=NC)NC2C1C(=O)NC(=O)N2C. The second-order valence-corrected chi connectivity index (χ2v) is 6.06. The first kappa shape index (κ1) is 16.6. The number of nitrogens with zero attached hydrogens (tertiary/aromatic N) is 3. The molecule has 0 radical (unpaired) electrons. The van der Waals surface area contributed by atoms with E-state index in [4.69, 9.17) is 0 Å². The Hall–Kier alpha value is -1.79. The smallest absolute Gasteiger partial charge is 0.325 e. The number of carbonyl (C=O) groups is 2. The van der Waals surface area contributed by atoms with Gasteiger partial charge < -0.3 is 15.1 Å². The van der Waals surface area contributed by atoms with Crippen molar-refractivity contribution in [1.82, 2.24) is 20.4 Å². The molecule has 0 aromatic heterocycles. The quantitative estimate of drug-likeness (QED) is 0.766. The number of guanidine groups is 1. The molecule has 0 aromatic rings. The summed E-state index contributed by atoms with van der Waals surface area (Å²) in [6, 6.07) is -0.772. The van der Waals surface area contributed by atoms with Gasteiger partial charge in [-0.3, -0.25) is 15.1 Å². The molecule has 7 nitrogen and oxygen atoms in total. The highest BCUT2D eigenvalue weighted by Gasteiger charge is 2.49. The lowest BCUT2D eigenvalue weighted by Gasteiger charge is -2.36. The second-order valence-electron chi connectivity index (χ2n) is 6.06. The molecule has 0 bridgehead atoms. The Labute approximate surface area is 132 Å². The van der Waals surface area contributed by atoms with E-state index >= 15 is 0 Å². The molecule has 2 rings (SSSR count). The number of urea groups is 1. The number of unbranched alkanes of at least 4 members (excludes halogenated alkanes) is 1. The molecular formula is C15H27N5O2. The highest BCUT2D eigenvalue weighted by Crippen LogP contribution is 2.24. The van der Waals surface area contributed by atoms with Crippen molar-refractivity contribution in [2.24, 2.45) is 10.9 Å². The monoisotopic (exact) mass is 309 g/mol. The predicted octanol–water partition coefficient (Wildman–Crippen LogP) is 0.970. The Morgan fingerprint density at radius 1 is 1.32 bits per heavy atom. The van der Waals surface area contributed by atoms with Crippen molar-refractivity contribution in [3.8, 4) is 0 Å². The van der Waals surface area contributed by atoms with Gasteiger partial charge in [-0.1, -0.05) is 33.1 Å². The molecular weight excluding hydrogens is 282 g/mol. The second kappa shape index (κ2) is 6.98. The molecule has 2 aliphatic rings. The number of fused-ring (bicyclic) bond motifs is 1. The van der Waals surface area contributed by atoms with Crippen molar-refractivity contribution in [3.05, 3.63) is 0 Å². The third kappa shape index (κ3) is 3.03. The average Bonchev–Trinajstić information content (AvgIpc) is 2.88. The first-order valence-electron chi connectivity index (χ1n) is 8.11. The van der Waals surface area contributed by atoms with E-state index < -0.39 is 6.04 Å². The van der Waals surface area contributed by atoms with Gasteiger partial charge in [0, 0.05) is 20.6 Å². The molecule has 0 aliphatic carbocycles. The predicted molar refractivity (Wildman–Crippen MR) is 85.4 cm³/mol. The van der Waals surface area contributed by atoms with Crippen LogP contribution in [0.4, 0.5) is 4.79 Å². The first-order valence-corrected chi connectivity index (χ1v) is 8.11. The maximum Gasteiger partial charge on any atom is 0.325 e. The van der Waals surface area contributed by atoms with Gasteiger partial charge in [0.05, 0.1) is 0 Å².